The van der Waals surface area contributed by atoms with E-state index in [-0.39, 0.29) is 5.75 Å². The van der Waals surface area contributed by atoms with Crippen LogP contribution in [0.3, 0.4) is 0 Å². The molecule has 0 aliphatic heterocycles. The number of hydrogen-bond donors (Lipinski definition) is 2. The van der Waals surface area contributed by atoms with Gasteiger partial charge in [0, 0.05) is 43.7 Å². The van der Waals surface area contributed by atoms with Crippen molar-refractivity contribution in [2.45, 2.75) is 19.3 Å². The van der Waals surface area contributed by atoms with Crippen molar-refractivity contribution < 1.29 is 8.42 Å². The van der Waals surface area contributed by atoms with Crippen LogP contribution in [0.5, 0.6) is 0 Å². The number of hydrogen-bond acceptors (Lipinski definition) is 4. The molecule has 7 heteroatoms. The summed E-state index contributed by atoms with van der Waals surface area (Å²) in [6.45, 7) is 0.422. The summed E-state index contributed by atoms with van der Waals surface area (Å²) >= 11 is 0. The number of H-pyrrole nitrogens is 1. The van der Waals surface area contributed by atoms with E-state index < -0.39 is 10.0 Å². The highest BCUT2D eigenvalue weighted by atomic mass is 32.2. The van der Waals surface area contributed by atoms with Gasteiger partial charge in [-0.25, -0.2) is 18.1 Å². The van der Waals surface area contributed by atoms with Gasteiger partial charge in [0.05, 0.1) is 5.75 Å². The molecular weight excluding hydrogens is 276 g/mol. The van der Waals surface area contributed by atoms with Crippen molar-refractivity contribution in [1.29, 1.82) is 0 Å². The Bertz CT molecular complexity index is 597. The number of sulfonamides is 1. The molecule has 0 aromatic carbocycles. The monoisotopic (exact) mass is 294 g/mol. The molecule has 108 valence electrons. The van der Waals surface area contributed by atoms with Gasteiger partial charge < -0.3 is 4.98 Å². The third-order valence-corrected chi connectivity index (χ3v) is 4.21. The molecule has 0 aliphatic rings. The Labute approximate surface area is 118 Å². The maximum Gasteiger partial charge on any atom is 0.211 e. The van der Waals surface area contributed by atoms with Crippen LogP contribution in [-0.4, -0.2) is 35.7 Å². The van der Waals surface area contributed by atoms with E-state index in [1.54, 1.807) is 18.6 Å². The second-order valence-electron chi connectivity index (χ2n) is 4.42. The zero-order valence-electron chi connectivity index (χ0n) is 11.1. The number of pyridine rings is 1. The van der Waals surface area contributed by atoms with Gasteiger partial charge in [-0.05, 0) is 18.6 Å². The highest BCUT2D eigenvalue weighted by Crippen LogP contribution is 1.98. The first-order valence-electron chi connectivity index (χ1n) is 6.51. The van der Waals surface area contributed by atoms with Gasteiger partial charge >= 0.3 is 0 Å². The number of nitrogens with one attached hydrogen (secondary N) is 2. The summed E-state index contributed by atoms with van der Waals surface area (Å²) in [5.74, 6) is 0.933. The van der Waals surface area contributed by atoms with Crippen LogP contribution in [0, 0.1) is 0 Å². The Morgan fingerprint density at radius 3 is 2.75 bits per heavy atom. The predicted molar refractivity (Wildman–Crippen MR) is 76.6 cm³/mol. The Balaban J connectivity index is 1.68. The van der Waals surface area contributed by atoms with Crippen LogP contribution >= 0.6 is 0 Å². The number of aromatic nitrogens is 3. The maximum absolute atomic E-state index is 11.8. The van der Waals surface area contributed by atoms with Gasteiger partial charge in [-0.3, -0.25) is 4.98 Å². The quantitative estimate of drug-likeness (QED) is 0.708. The maximum atomic E-state index is 11.8. The van der Waals surface area contributed by atoms with Gasteiger partial charge in [0.2, 0.25) is 10.0 Å². The fourth-order valence-electron chi connectivity index (χ4n) is 1.78. The van der Waals surface area contributed by atoms with E-state index in [1.165, 1.54) is 0 Å². The molecule has 0 aliphatic carbocycles. The van der Waals surface area contributed by atoms with Gasteiger partial charge in [0.25, 0.3) is 0 Å². The smallest absolute Gasteiger partial charge is 0.211 e. The van der Waals surface area contributed by atoms with Gasteiger partial charge in [-0.15, -0.1) is 0 Å². The van der Waals surface area contributed by atoms with Crippen LogP contribution in [0.25, 0.3) is 0 Å². The third kappa shape index (κ3) is 5.10. The van der Waals surface area contributed by atoms with Crippen molar-refractivity contribution in [3.05, 3.63) is 48.3 Å². The van der Waals surface area contributed by atoms with Crippen LogP contribution < -0.4 is 4.72 Å². The molecule has 2 heterocycles. The summed E-state index contributed by atoms with van der Waals surface area (Å²) in [5.41, 5.74) is 0.786. The van der Waals surface area contributed by atoms with E-state index >= 15 is 0 Å². The molecule has 2 aromatic heterocycles. The molecule has 0 saturated heterocycles. The molecule has 2 N–H and O–H groups in total. The Morgan fingerprint density at radius 1 is 1.15 bits per heavy atom. The standard InChI is InChI=1S/C13H18N4O2S/c18-20(19,11-6-12-4-1-2-7-14-12)17-8-3-5-13-15-9-10-16-13/h1-2,4,7,9-10,17H,3,5-6,8,11H2,(H,15,16). The molecule has 0 bridgehead atoms. The average molecular weight is 294 g/mol. The Kier molecular flexibility index (Phi) is 5.25. The van der Waals surface area contributed by atoms with E-state index in [1.807, 2.05) is 18.2 Å². The van der Waals surface area contributed by atoms with E-state index in [2.05, 4.69) is 19.7 Å². The summed E-state index contributed by atoms with van der Waals surface area (Å²) in [6, 6.07) is 5.49. The first-order valence-corrected chi connectivity index (χ1v) is 8.16. The van der Waals surface area contributed by atoms with Crippen molar-refractivity contribution in [2.24, 2.45) is 0 Å². The Hall–Kier alpha value is -1.73. The summed E-state index contributed by atoms with van der Waals surface area (Å²) in [7, 11) is -3.24. The number of imidazole rings is 1. The second kappa shape index (κ2) is 7.16. The minimum Gasteiger partial charge on any atom is -0.349 e. The van der Waals surface area contributed by atoms with Gasteiger partial charge in [0.1, 0.15) is 5.82 Å². The van der Waals surface area contributed by atoms with E-state index in [4.69, 9.17) is 0 Å². The molecule has 0 saturated carbocycles. The highest BCUT2D eigenvalue weighted by molar-refractivity contribution is 7.89. The fraction of sp³-hybridized carbons (Fsp3) is 0.385. The third-order valence-electron chi connectivity index (χ3n) is 2.82. The SMILES string of the molecule is O=S(=O)(CCc1ccccn1)NCCCc1ncc[nH]1. The molecular formula is C13H18N4O2S. The summed E-state index contributed by atoms with van der Waals surface area (Å²) in [5, 5.41) is 0. The predicted octanol–water partition coefficient (Wildman–Crippen LogP) is 0.899. The largest absolute Gasteiger partial charge is 0.349 e. The summed E-state index contributed by atoms with van der Waals surface area (Å²) in [6.07, 6.45) is 6.98. The molecule has 0 amide bonds. The fourth-order valence-corrected chi connectivity index (χ4v) is 2.85. The lowest BCUT2D eigenvalue weighted by atomic mass is 10.3. The number of rotatable bonds is 8. The molecule has 0 atom stereocenters. The normalized spacial score (nSPS) is 11.6. The van der Waals surface area contributed by atoms with Crippen molar-refractivity contribution in [2.75, 3.05) is 12.3 Å². The first kappa shape index (κ1) is 14.7. The molecule has 0 spiro atoms. The number of nitrogens with zero attached hydrogens (tertiary/aromatic N) is 2. The molecule has 0 fully saturated rings. The second-order valence-corrected chi connectivity index (χ2v) is 6.35. The molecule has 0 unspecified atom stereocenters. The van der Waals surface area contributed by atoms with E-state index in [9.17, 15) is 8.42 Å². The molecule has 0 radical (unpaired) electrons. The van der Waals surface area contributed by atoms with Gasteiger partial charge in [-0.2, -0.15) is 0 Å². The number of aromatic amines is 1. The van der Waals surface area contributed by atoms with Crippen molar-refractivity contribution >= 4 is 10.0 Å². The zero-order chi connectivity index (χ0) is 14.3. The minimum atomic E-state index is -3.24. The number of aryl methyl sites for hydroxylation is 2. The molecule has 2 rings (SSSR count). The van der Waals surface area contributed by atoms with Crippen LogP contribution in [0.2, 0.25) is 0 Å². The molecule has 6 nitrogen and oxygen atoms in total. The summed E-state index contributed by atoms with van der Waals surface area (Å²) in [4.78, 5) is 11.2. The average Bonchev–Trinajstić information content (AvgIpc) is 2.96. The van der Waals surface area contributed by atoms with Crippen LogP contribution in [-0.2, 0) is 22.9 Å². The van der Waals surface area contributed by atoms with Gasteiger partial charge in [-0.1, -0.05) is 6.07 Å². The topological polar surface area (TPSA) is 87.7 Å². The Morgan fingerprint density at radius 2 is 2.05 bits per heavy atom. The van der Waals surface area contributed by atoms with E-state index in [0.717, 1.165) is 24.4 Å². The van der Waals surface area contributed by atoms with Crippen LogP contribution in [0.15, 0.2) is 36.8 Å². The lowest BCUT2D eigenvalue weighted by Crippen LogP contribution is -2.28. The van der Waals surface area contributed by atoms with E-state index in [0.29, 0.717) is 13.0 Å². The van der Waals surface area contributed by atoms with Crippen molar-refractivity contribution in [1.82, 2.24) is 19.7 Å². The zero-order valence-corrected chi connectivity index (χ0v) is 11.9. The lowest BCUT2D eigenvalue weighted by Gasteiger charge is -2.06. The lowest BCUT2D eigenvalue weighted by molar-refractivity contribution is 0.577. The van der Waals surface area contributed by atoms with Crippen LogP contribution in [0.4, 0.5) is 0 Å². The summed E-state index contributed by atoms with van der Waals surface area (Å²) < 4.78 is 26.2. The molecule has 2 aromatic rings. The minimum absolute atomic E-state index is 0.0603. The van der Waals surface area contributed by atoms with Crippen molar-refractivity contribution in [3.8, 4) is 0 Å². The van der Waals surface area contributed by atoms with Crippen molar-refractivity contribution in [3.63, 3.8) is 0 Å². The molecule has 20 heavy (non-hydrogen) atoms. The van der Waals surface area contributed by atoms with Crippen LogP contribution in [0.1, 0.15) is 17.9 Å². The highest BCUT2D eigenvalue weighted by Gasteiger charge is 2.10. The van der Waals surface area contributed by atoms with Gasteiger partial charge in [0.15, 0.2) is 0 Å². The first-order chi connectivity index (χ1) is 9.66.